The Morgan fingerprint density at radius 1 is 1.26 bits per heavy atom. The van der Waals surface area contributed by atoms with E-state index in [1.54, 1.807) is 20.8 Å². The smallest absolute Gasteiger partial charge is 0.414 e. The fourth-order valence-corrected chi connectivity index (χ4v) is 5.42. The van der Waals surface area contributed by atoms with Crippen molar-refractivity contribution < 1.29 is 23.9 Å². The van der Waals surface area contributed by atoms with Gasteiger partial charge in [-0.15, -0.1) is 0 Å². The van der Waals surface area contributed by atoms with Gasteiger partial charge in [-0.1, -0.05) is 42.5 Å². The van der Waals surface area contributed by atoms with Gasteiger partial charge in [-0.25, -0.2) is 9.69 Å². The highest BCUT2D eigenvalue weighted by Crippen LogP contribution is 2.41. The molecule has 0 bridgehead atoms. The van der Waals surface area contributed by atoms with E-state index in [1.165, 1.54) is 9.80 Å². The maximum atomic E-state index is 13.1. The minimum absolute atomic E-state index is 0.176. The number of carbonyl (C=O) groups is 3. The van der Waals surface area contributed by atoms with Gasteiger partial charge in [-0.05, 0) is 33.3 Å². The third-order valence-electron chi connectivity index (χ3n) is 5.18. The number of likely N-dealkylation sites (tertiary alicyclic amines) is 1. The molecular weight excluding hydrogens is 415 g/mol. The number of hydrogen-bond acceptors (Lipinski definition) is 5. The molecule has 0 N–H and O–H groups in total. The molecule has 5 atom stereocenters. The van der Waals surface area contributed by atoms with Crippen LogP contribution in [0, 0.1) is 0 Å². The van der Waals surface area contributed by atoms with Crippen LogP contribution < -0.4 is 0 Å². The van der Waals surface area contributed by atoms with E-state index in [9.17, 15) is 14.4 Å². The number of nitrogens with zero attached hydrogens (tertiary/aromatic N) is 2. The van der Waals surface area contributed by atoms with Gasteiger partial charge < -0.3 is 14.4 Å². The first-order chi connectivity index (χ1) is 14.5. The van der Waals surface area contributed by atoms with Crippen LogP contribution in [0.25, 0.3) is 6.08 Å². The van der Waals surface area contributed by atoms with Crippen molar-refractivity contribution in [2.45, 2.75) is 57.3 Å². The molecule has 2 fully saturated rings. The predicted molar refractivity (Wildman–Crippen MR) is 122 cm³/mol. The number of rotatable bonds is 6. The van der Waals surface area contributed by atoms with E-state index in [0.29, 0.717) is 0 Å². The topological polar surface area (TPSA) is 76.2 Å². The Morgan fingerprint density at radius 2 is 1.90 bits per heavy atom. The molecular formula is C23H30N2O5P+. The summed E-state index contributed by atoms with van der Waals surface area (Å²) in [5.74, 6) is -1.03. The zero-order valence-electron chi connectivity index (χ0n) is 18.6. The lowest BCUT2D eigenvalue weighted by Crippen LogP contribution is -2.72. The van der Waals surface area contributed by atoms with Crippen LogP contribution in [0.1, 0.15) is 33.3 Å². The zero-order valence-corrected chi connectivity index (χ0v) is 19.5. The molecule has 7 nitrogen and oxygen atoms in total. The molecule has 0 aliphatic carbocycles. The van der Waals surface area contributed by atoms with Gasteiger partial charge in [-0.2, -0.15) is 0 Å². The number of β-lactam (4-membered cyclic amide) rings is 1. The summed E-state index contributed by atoms with van der Waals surface area (Å²) in [6.45, 7) is 8.95. The molecule has 0 aromatic heterocycles. The summed E-state index contributed by atoms with van der Waals surface area (Å²) in [5, 5.41) is 0. The van der Waals surface area contributed by atoms with Crippen LogP contribution >= 0.6 is 7.55 Å². The average molecular weight is 445 g/mol. The van der Waals surface area contributed by atoms with Gasteiger partial charge in [0.05, 0.1) is 19.0 Å². The van der Waals surface area contributed by atoms with Crippen molar-refractivity contribution in [3.63, 3.8) is 0 Å². The Labute approximate surface area is 184 Å². The van der Waals surface area contributed by atoms with E-state index in [0.717, 1.165) is 5.56 Å². The molecule has 2 aliphatic rings. The lowest BCUT2D eigenvalue weighted by Gasteiger charge is -2.48. The lowest BCUT2D eigenvalue weighted by atomic mass is 9.92. The molecule has 1 aromatic carbocycles. The van der Waals surface area contributed by atoms with Gasteiger partial charge in [0.15, 0.2) is 6.10 Å². The predicted octanol–water partition coefficient (Wildman–Crippen LogP) is 3.33. The van der Waals surface area contributed by atoms with Crippen LogP contribution in [-0.4, -0.2) is 76.9 Å². The second kappa shape index (κ2) is 8.83. The number of carbonyl (C=O) groups excluding carboxylic acids is 3. The highest BCUT2D eigenvalue weighted by Gasteiger charge is 2.59. The summed E-state index contributed by atoms with van der Waals surface area (Å²) in [7, 11) is -0.808. The van der Waals surface area contributed by atoms with Gasteiger partial charge >= 0.3 is 12.1 Å². The maximum Gasteiger partial charge on any atom is 0.414 e. The largest absolute Gasteiger partial charge is 0.459 e. The van der Waals surface area contributed by atoms with Crippen LogP contribution in [-0.2, 0) is 19.1 Å². The molecule has 2 aliphatic heterocycles. The van der Waals surface area contributed by atoms with E-state index in [1.807, 2.05) is 56.1 Å². The van der Waals surface area contributed by atoms with Gasteiger partial charge in [0.1, 0.15) is 25.7 Å². The van der Waals surface area contributed by atoms with Crippen LogP contribution in [0.4, 0.5) is 4.79 Å². The first kappa shape index (κ1) is 23.0. The van der Waals surface area contributed by atoms with E-state index >= 15 is 0 Å². The van der Waals surface area contributed by atoms with E-state index in [4.69, 9.17) is 9.47 Å². The van der Waals surface area contributed by atoms with Crippen LogP contribution in [0.2, 0.25) is 0 Å². The number of esters is 1. The summed E-state index contributed by atoms with van der Waals surface area (Å²) in [6.07, 6.45) is 7.03. The molecule has 31 heavy (non-hydrogen) atoms. The zero-order chi connectivity index (χ0) is 22.9. The van der Waals surface area contributed by atoms with E-state index in [2.05, 4.69) is 6.30 Å². The minimum atomic E-state index is -0.808. The van der Waals surface area contributed by atoms with Crippen molar-refractivity contribution in [2.75, 3.05) is 13.2 Å². The number of benzene rings is 1. The molecule has 0 radical (unpaired) electrons. The monoisotopic (exact) mass is 445 g/mol. The Morgan fingerprint density at radius 3 is 2.48 bits per heavy atom. The Kier molecular flexibility index (Phi) is 6.56. The first-order valence-electron chi connectivity index (χ1n) is 10.3. The van der Waals surface area contributed by atoms with E-state index < -0.39 is 37.3 Å². The first-order valence-corrected chi connectivity index (χ1v) is 12.3. The van der Waals surface area contributed by atoms with Gasteiger partial charge in [0.25, 0.3) is 0 Å². The Balaban J connectivity index is 1.88. The van der Waals surface area contributed by atoms with Crippen molar-refractivity contribution in [3.8, 4) is 0 Å². The quantitative estimate of drug-likeness (QED) is 0.381. The second-order valence-corrected chi connectivity index (χ2v) is 11.0. The fraction of sp³-hybridized carbons (Fsp3) is 0.478. The molecule has 8 heteroatoms. The van der Waals surface area contributed by atoms with Gasteiger partial charge in [0.2, 0.25) is 11.7 Å². The molecule has 1 aromatic rings. The van der Waals surface area contributed by atoms with E-state index in [-0.39, 0.29) is 24.3 Å². The van der Waals surface area contributed by atoms with Crippen molar-refractivity contribution in [2.24, 2.45) is 0 Å². The molecule has 0 spiro atoms. The summed E-state index contributed by atoms with van der Waals surface area (Å²) >= 11 is 0. The highest BCUT2D eigenvalue weighted by molar-refractivity contribution is 7.55. The number of cyclic esters (lactones) is 1. The summed E-state index contributed by atoms with van der Waals surface area (Å²) in [4.78, 5) is 41.1. The average Bonchev–Trinajstić information content (AvgIpc) is 2.95. The van der Waals surface area contributed by atoms with Crippen molar-refractivity contribution in [1.82, 2.24) is 9.80 Å². The van der Waals surface area contributed by atoms with Crippen LogP contribution in [0.15, 0.2) is 36.4 Å². The summed E-state index contributed by atoms with van der Waals surface area (Å²) in [6, 6.07) is 8.47. The molecule has 2 heterocycles. The summed E-state index contributed by atoms with van der Waals surface area (Å²) < 4.78 is 10.8. The van der Waals surface area contributed by atoms with Crippen molar-refractivity contribution in [3.05, 3.63) is 42.0 Å². The number of hydrogen-bond donors (Lipinski definition) is 0. The van der Waals surface area contributed by atoms with Gasteiger partial charge in [-0.3, -0.25) is 9.59 Å². The van der Waals surface area contributed by atoms with Crippen LogP contribution in [0.3, 0.4) is 0 Å². The molecule has 0 saturated carbocycles. The SMILES string of the molecule is C=[P+](C)C1C(C)OC(=O)N1C1C(=O)N(CC(=O)OC(C)(C)C)C1C=Cc1ccccc1. The van der Waals surface area contributed by atoms with Crippen LogP contribution in [0.5, 0.6) is 0 Å². The summed E-state index contributed by atoms with van der Waals surface area (Å²) in [5.41, 5.74) is 0.312. The fourth-order valence-electron chi connectivity index (χ4n) is 3.98. The highest BCUT2D eigenvalue weighted by atomic mass is 31.1. The number of ether oxygens (including phenoxy) is 2. The van der Waals surface area contributed by atoms with Crippen molar-refractivity contribution >= 4 is 37.9 Å². The standard InChI is InChI=1S/C23H30N2O5P/c1-15-21(31(5)6)25(22(28)29-15)19-17(13-12-16-10-8-7-9-11-16)24(20(19)27)14-18(26)30-23(2,3)4/h7-13,15,17,19,21H,5,14H2,1-4,6H3/q+1. The molecule has 2 saturated heterocycles. The van der Waals surface area contributed by atoms with Crippen molar-refractivity contribution in [1.29, 1.82) is 0 Å². The Bertz CT molecular complexity index is 908. The molecule has 166 valence electrons. The third kappa shape index (κ3) is 4.99. The minimum Gasteiger partial charge on any atom is -0.459 e. The molecule has 5 unspecified atom stereocenters. The Hall–Kier alpha value is -2.66. The number of amides is 2. The van der Waals surface area contributed by atoms with Gasteiger partial charge in [0, 0.05) is 0 Å². The molecule has 2 amide bonds. The molecule has 3 rings (SSSR count). The second-order valence-electron chi connectivity index (χ2n) is 8.92. The third-order valence-corrected chi connectivity index (χ3v) is 6.75. The normalized spacial score (nSPS) is 26.7. The maximum absolute atomic E-state index is 13.1. The lowest BCUT2D eigenvalue weighted by molar-refractivity contribution is -0.168.